The van der Waals surface area contributed by atoms with Crippen LogP contribution in [-0.2, 0) is 0 Å². The fourth-order valence-corrected chi connectivity index (χ4v) is 1.88. The number of carbonyl (C=O) groups is 1. The number of hydrogen-bond donors (Lipinski definition) is 2. The van der Waals surface area contributed by atoms with E-state index in [-0.39, 0.29) is 17.3 Å². The molecule has 1 aromatic carbocycles. The van der Waals surface area contributed by atoms with Gasteiger partial charge in [0.25, 0.3) is 5.91 Å². The Morgan fingerprint density at radius 2 is 2.24 bits per heavy atom. The van der Waals surface area contributed by atoms with Crippen LogP contribution in [0, 0.1) is 17.7 Å². The Balaban J connectivity index is 2.28. The first-order valence-corrected chi connectivity index (χ1v) is 6.38. The molecule has 6 heteroatoms. The number of pyridine rings is 1. The minimum atomic E-state index is -0.532. The number of halogens is 2. The minimum Gasteiger partial charge on any atom is -0.322 e. The Kier molecular flexibility index (Phi) is 4.88. The maximum Gasteiger partial charge on any atom is 0.257 e. The van der Waals surface area contributed by atoms with Crippen LogP contribution in [0.15, 0.2) is 36.7 Å². The van der Waals surface area contributed by atoms with Crippen molar-refractivity contribution in [1.82, 2.24) is 4.98 Å². The van der Waals surface area contributed by atoms with E-state index in [1.54, 1.807) is 0 Å². The lowest BCUT2D eigenvalue weighted by molar-refractivity contribution is 0.102. The topological polar surface area (TPSA) is 68.0 Å². The van der Waals surface area contributed by atoms with Crippen LogP contribution >= 0.6 is 11.6 Å². The van der Waals surface area contributed by atoms with Gasteiger partial charge in [-0.15, -0.1) is 0 Å². The first-order valence-electron chi connectivity index (χ1n) is 6.00. The number of nitrogens with zero attached hydrogens (tertiary/aromatic N) is 1. The van der Waals surface area contributed by atoms with Gasteiger partial charge in [0, 0.05) is 23.1 Å². The van der Waals surface area contributed by atoms with Crippen molar-refractivity contribution in [2.45, 2.75) is 0 Å². The van der Waals surface area contributed by atoms with Crippen molar-refractivity contribution in [3.63, 3.8) is 0 Å². The third kappa shape index (κ3) is 4.02. The van der Waals surface area contributed by atoms with Crippen molar-refractivity contribution in [1.29, 1.82) is 0 Å². The Morgan fingerprint density at radius 3 is 2.95 bits per heavy atom. The van der Waals surface area contributed by atoms with E-state index in [1.165, 1.54) is 30.6 Å². The number of hydrogen-bond acceptors (Lipinski definition) is 3. The number of aromatic nitrogens is 1. The zero-order chi connectivity index (χ0) is 15.2. The first kappa shape index (κ1) is 15.0. The zero-order valence-corrected chi connectivity index (χ0v) is 11.6. The SMILES string of the molecule is NCC#Cc1cnccc1C(=O)Nc1cc(F)cc(Cl)c1. The normalized spacial score (nSPS) is 9.67. The summed E-state index contributed by atoms with van der Waals surface area (Å²) in [5, 5.41) is 2.76. The zero-order valence-electron chi connectivity index (χ0n) is 10.9. The predicted molar refractivity (Wildman–Crippen MR) is 79.5 cm³/mol. The van der Waals surface area contributed by atoms with Gasteiger partial charge in [-0.2, -0.15) is 0 Å². The van der Waals surface area contributed by atoms with Crippen molar-refractivity contribution in [2.75, 3.05) is 11.9 Å². The van der Waals surface area contributed by atoms with E-state index < -0.39 is 11.7 Å². The number of benzene rings is 1. The molecule has 2 aromatic rings. The molecule has 0 fully saturated rings. The van der Waals surface area contributed by atoms with Gasteiger partial charge < -0.3 is 11.1 Å². The van der Waals surface area contributed by atoms with Crippen LogP contribution in [0.3, 0.4) is 0 Å². The Morgan fingerprint density at radius 1 is 1.43 bits per heavy atom. The van der Waals surface area contributed by atoms with E-state index in [0.29, 0.717) is 11.1 Å². The summed E-state index contributed by atoms with van der Waals surface area (Å²) in [4.78, 5) is 16.1. The van der Waals surface area contributed by atoms with Crippen LogP contribution < -0.4 is 11.1 Å². The number of rotatable bonds is 2. The standard InChI is InChI=1S/C15H11ClFN3O/c16-11-6-12(17)8-13(7-11)20-15(21)14-3-5-19-9-10(14)2-1-4-18/h3,5-9H,4,18H2,(H,20,21). The quantitative estimate of drug-likeness (QED) is 0.837. The molecular weight excluding hydrogens is 293 g/mol. The average Bonchev–Trinajstić information content (AvgIpc) is 2.44. The summed E-state index contributed by atoms with van der Waals surface area (Å²) in [6, 6.07) is 5.31. The molecule has 0 spiro atoms. The molecule has 3 N–H and O–H groups in total. The van der Waals surface area contributed by atoms with Crippen LogP contribution in [0.4, 0.5) is 10.1 Å². The van der Waals surface area contributed by atoms with Crippen LogP contribution in [0.5, 0.6) is 0 Å². The number of anilines is 1. The largest absolute Gasteiger partial charge is 0.322 e. The fraction of sp³-hybridized carbons (Fsp3) is 0.0667. The van der Waals surface area contributed by atoms with E-state index in [4.69, 9.17) is 17.3 Å². The third-order valence-corrected chi connectivity index (χ3v) is 2.73. The lowest BCUT2D eigenvalue weighted by Gasteiger charge is -2.07. The highest BCUT2D eigenvalue weighted by molar-refractivity contribution is 6.31. The van der Waals surface area contributed by atoms with Gasteiger partial charge in [0.1, 0.15) is 5.82 Å². The fourth-order valence-electron chi connectivity index (χ4n) is 1.66. The maximum atomic E-state index is 13.2. The molecule has 1 aromatic heterocycles. The van der Waals surface area contributed by atoms with E-state index in [0.717, 1.165) is 6.07 Å². The van der Waals surface area contributed by atoms with E-state index in [9.17, 15) is 9.18 Å². The van der Waals surface area contributed by atoms with Gasteiger partial charge in [-0.05, 0) is 24.3 Å². The molecule has 0 radical (unpaired) electrons. The molecule has 0 saturated heterocycles. The molecule has 0 atom stereocenters. The molecule has 1 heterocycles. The summed E-state index contributed by atoms with van der Waals surface area (Å²) < 4.78 is 13.2. The van der Waals surface area contributed by atoms with Crippen molar-refractivity contribution in [3.05, 3.63) is 58.6 Å². The Bertz CT molecular complexity index is 717. The molecule has 2 rings (SSSR count). The van der Waals surface area contributed by atoms with Crippen LogP contribution in [0.1, 0.15) is 15.9 Å². The maximum absolute atomic E-state index is 13.2. The summed E-state index contributed by atoms with van der Waals surface area (Å²) in [6.45, 7) is 0.176. The number of amides is 1. The molecule has 0 aliphatic carbocycles. The van der Waals surface area contributed by atoms with Gasteiger partial charge >= 0.3 is 0 Å². The first-order chi connectivity index (χ1) is 10.1. The Hall–Kier alpha value is -2.42. The van der Waals surface area contributed by atoms with Crippen LogP contribution in [-0.4, -0.2) is 17.4 Å². The highest BCUT2D eigenvalue weighted by Gasteiger charge is 2.11. The Labute approximate surface area is 126 Å². The van der Waals surface area contributed by atoms with E-state index in [2.05, 4.69) is 22.1 Å². The third-order valence-electron chi connectivity index (χ3n) is 2.51. The molecule has 0 aliphatic heterocycles. The van der Waals surface area contributed by atoms with Crippen molar-refractivity contribution >= 4 is 23.2 Å². The molecule has 0 unspecified atom stereocenters. The predicted octanol–water partition coefficient (Wildman–Crippen LogP) is 2.44. The number of carbonyl (C=O) groups excluding carboxylic acids is 1. The monoisotopic (exact) mass is 303 g/mol. The molecule has 0 aliphatic rings. The molecular formula is C15H11ClFN3O. The van der Waals surface area contributed by atoms with E-state index >= 15 is 0 Å². The number of nitrogens with one attached hydrogen (secondary N) is 1. The molecule has 1 amide bonds. The molecule has 0 bridgehead atoms. The lowest BCUT2D eigenvalue weighted by Crippen LogP contribution is -2.14. The van der Waals surface area contributed by atoms with Crippen molar-refractivity contribution in [2.24, 2.45) is 5.73 Å². The smallest absolute Gasteiger partial charge is 0.257 e. The summed E-state index contributed by atoms with van der Waals surface area (Å²) in [5.74, 6) is 4.46. The highest BCUT2D eigenvalue weighted by Crippen LogP contribution is 2.19. The highest BCUT2D eigenvalue weighted by atomic mass is 35.5. The van der Waals surface area contributed by atoms with Gasteiger partial charge in [-0.25, -0.2) is 4.39 Å². The van der Waals surface area contributed by atoms with Gasteiger partial charge in [0.2, 0.25) is 0 Å². The van der Waals surface area contributed by atoms with Crippen molar-refractivity contribution < 1.29 is 9.18 Å². The molecule has 4 nitrogen and oxygen atoms in total. The van der Waals surface area contributed by atoms with Crippen LogP contribution in [0.2, 0.25) is 5.02 Å². The van der Waals surface area contributed by atoms with Crippen molar-refractivity contribution in [3.8, 4) is 11.8 Å². The second-order valence-corrected chi connectivity index (χ2v) is 4.48. The van der Waals surface area contributed by atoms with Gasteiger partial charge in [-0.3, -0.25) is 9.78 Å². The molecule has 106 valence electrons. The average molecular weight is 304 g/mol. The summed E-state index contributed by atoms with van der Waals surface area (Å²) >= 11 is 5.74. The molecule has 0 saturated carbocycles. The van der Waals surface area contributed by atoms with Gasteiger partial charge in [0.05, 0.1) is 17.7 Å². The van der Waals surface area contributed by atoms with E-state index in [1.807, 2.05) is 0 Å². The summed E-state index contributed by atoms with van der Waals surface area (Å²) in [6.07, 6.45) is 2.94. The molecule has 21 heavy (non-hydrogen) atoms. The summed E-state index contributed by atoms with van der Waals surface area (Å²) in [5.41, 5.74) is 6.34. The summed E-state index contributed by atoms with van der Waals surface area (Å²) in [7, 11) is 0. The lowest BCUT2D eigenvalue weighted by atomic mass is 10.1. The van der Waals surface area contributed by atoms with Crippen LogP contribution in [0.25, 0.3) is 0 Å². The number of nitrogens with two attached hydrogens (primary N) is 1. The van der Waals surface area contributed by atoms with Gasteiger partial charge in [0.15, 0.2) is 0 Å². The minimum absolute atomic E-state index is 0.176. The second-order valence-electron chi connectivity index (χ2n) is 4.04. The van der Waals surface area contributed by atoms with Gasteiger partial charge in [-0.1, -0.05) is 23.4 Å². The second kappa shape index (κ2) is 6.84.